The van der Waals surface area contributed by atoms with Crippen LogP contribution in [0.5, 0.6) is 0 Å². The van der Waals surface area contributed by atoms with Crippen LogP contribution in [0.1, 0.15) is 63.0 Å². The predicted molar refractivity (Wildman–Crippen MR) is 118 cm³/mol. The average molecular weight is 393 g/mol. The van der Waals surface area contributed by atoms with Crippen molar-refractivity contribution in [3.05, 3.63) is 70.2 Å². The number of aromatic amines is 1. The molecule has 0 spiro atoms. The van der Waals surface area contributed by atoms with E-state index in [9.17, 15) is 4.79 Å². The third-order valence-electron chi connectivity index (χ3n) is 6.71. The van der Waals surface area contributed by atoms with Gasteiger partial charge in [-0.1, -0.05) is 43.3 Å². The first-order valence-electron chi connectivity index (χ1n) is 11.1. The molecular weight excluding hydrogens is 360 g/mol. The van der Waals surface area contributed by atoms with Crippen LogP contribution in [-0.2, 0) is 6.42 Å². The minimum absolute atomic E-state index is 0.371. The van der Waals surface area contributed by atoms with Crippen LogP contribution in [-0.4, -0.2) is 28.5 Å². The van der Waals surface area contributed by atoms with E-state index in [-0.39, 0.29) is 5.76 Å². The van der Waals surface area contributed by atoms with Crippen molar-refractivity contribution < 1.29 is 4.42 Å². The summed E-state index contributed by atoms with van der Waals surface area (Å²) in [5.41, 5.74) is 4.21. The number of aryl methyl sites for hydroxylation is 1. The number of nitrogens with one attached hydrogen (secondary N) is 1. The minimum atomic E-state index is -0.371. The number of nitrogens with zero attached hydrogens (tertiary/aromatic N) is 1. The summed E-state index contributed by atoms with van der Waals surface area (Å²) in [6, 6.07) is 18.3. The highest BCUT2D eigenvalue weighted by molar-refractivity contribution is 5.72. The van der Waals surface area contributed by atoms with E-state index < -0.39 is 0 Å². The molecule has 0 unspecified atom stereocenters. The van der Waals surface area contributed by atoms with Gasteiger partial charge in [0.1, 0.15) is 0 Å². The first-order valence-corrected chi connectivity index (χ1v) is 11.1. The first kappa shape index (κ1) is 20.0. The Hall–Kier alpha value is -2.33. The molecule has 29 heavy (non-hydrogen) atoms. The SMILES string of the molecule is CCN(C1CCC(c2ccc3[nH]c(=O)oc3c2)CC1)[C@H](C)CCc1ccccc1. The standard InChI is InChI=1S/C25H32N2O2/c1-3-27(18(2)9-10-19-7-5-4-6-8-19)22-14-11-20(12-15-22)21-13-16-23-24(17-21)29-25(28)26-23/h4-8,13,16-18,20,22H,3,9-12,14-15H2,1-2H3,(H,26,28)/t18-,20?,22?/m1/s1. The van der Waals surface area contributed by atoms with Gasteiger partial charge in [-0.15, -0.1) is 0 Å². The summed E-state index contributed by atoms with van der Waals surface area (Å²) < 4.78 is 5.25. The number of H-pyrrole nitrogens is 1. The van der Waals surface area contributed by atoms with Gasteiger partial charge in [0.2, 0.25) is 0 Å². The van der Waals surface area contributed by atoms with Gasteiger partial charge in [-0.3, -0.25) is 9.88 Å². The fourth-order valence-electron chi connectivity index (χ4n) is 5.07. The lowest BCUT2D eigenvalue weighted by atomic mass is 9.80. The molecule has 1 aromatic heterocycles. The summed E-state index contributed by atoms with van der Waals surface area (Å²) in [6.07, 6.45) is 7.24. The second-order valence-corrected chi connectivity index (χ2v) is 8.48. The molecule has 1 aliphatic carbocycles. The molecule has 1 fully saturated rings. The van der Waals surface area contributed by atoms with Crippen molar-refractivity contribution in [2.45, 2.75) is 70.4 Å². The Balaban J connectivity index is 1.34. The number of oxazole rings is 1. The zero-order chi connectivity index (χ0) is 20.2. The van der Waals surface area contributed by atoms with Crippen LogP contribution in [0.3, 0.4) is 0 Å². The Morgan fingerprint density at radius 1 is 1.10 bits per heavy atom. The molecule has 4 heteroatoms. The lowest BCUT2D eigenvalue weighted by Crippen LogP contribution is -2.43. The molecule has 0 bridgehead atoms. The van der Waals surface area contributed by atoms with Crippen molar-refractivity contribution in [3.63, 3.8) is 0 Å². The van der Waals surface area contributed by atoms with Gasteiger partial charge in [0, 0.05) is 12.1 Å². The van der Waals surface area contributed by atoms with Gasteiger partial charge in [0.05, 0.1) is 5.52 Å². The Morgan fingerprint density at radius 3 is 2.59 bits per heavy atom. The number of benzene rings is 2. The highest BCUT2D eigenvalue weighted by atomic mass is 16.4. The molecule has 3 aromatic rings. The molecule has 154 valence electrons. The summed E-state index contributed by atoms with van der Waals surface area (Å²) in [4.78, 5) is 16.8. The Kier molecular flexibility index (Phi) is 6.19. The van der Waals surface area contributed by atoms with Gasteiger partial charge >= 0.3 is 5.76 Å². The monoisotopic (exact) mass is 392 g/mol. The van der Waals surface area contributed by atoms with Crippen LogP contribution in [0, 0.1) is 0 Å². The van der Waals surface area contributed by atoms with Gasteiger partial charge in [-0.2, -0.15) is 0 Å². The molecule has 2 aromatic carbocycles. The minimum Gasteiger partial charge on any atom is -0.408 e. The van der Waals surface area contributed by atoms with Crippen molar-refractivity contribution in [3.8, 4) is 0 Å². The van der Waals surface area contributed by atoms with Crippen molar-refractivity contribution in [2.24, 2.45) is 0 Å². The third-order valence-corrected chi connectivity index (χ3v) is 6.71. The van der Waals surface area contributed by atoms with E-state index in [1.54, 1.807) is 0 Å². The molecule has 4 nitrogen and oxygen atoms in total. The molecule has 0 aliphatic heterocycles. The summed E-state index contributed by atoms with van der Waals surface area (Å²) in [6.45, 7) is 5.80. The van der Waals surface area contributed by atoms with Gasteiger partial charge in [0.25, 0.3) is 0 Å². The van der Waals surface area contributed by atoms with Gasteiger partial charge in [-0.25, -0.2) is 4.79 Å². The molecule has 1 aliphatic rings. The van der Waals surface area contributed by atoms with E-state index in [1.807, 2.05) is 6.07 Å². The van der Waals surface area contributed by atoms with Crippen LogP contribution >= 0.6 is 0 Å². The second kappa shape index (κ2) is 9.00. The zero-order valence-electron chi connectivity index (χ0n) is 17.6. The van der Waals surface area contributed by atoms with Crippen molar-refractivity contribution in [1.82, 2.24) is 9.88 Å². The average Bonchev–Trinajstić information content (AvgIpc) is 3.13. The van der Waals surface area contributed by atoms with Gasteiger partial charge < -0.3 is 4.42 Å². The van der Waals surface area contributed by atoms with Crippen LogP contribution in [0.4, 0.5) is 0 Å². The largest absolute Gasteiger partial charge is 0.417 e. The topological polar surface area (TPSA) is 49.2 Å². The molecular formula is C25H32N2O2. The molecule has 1 heterocycles. The Morgan fingerprint density at radius 2 is 1.86 bits per heavy atom. The van der Waals surface area contributed by atoms with E-state index in [1.165, 1.54) is 43.2 Å². The van der Waals surface area contributed by atoms with Crippen LogP contribution in [0.15, 0.2) is 57.7 Å². The molecule has 4 rings (SSSR count). The van der Waals surface area contributed by atoms with Gasteiger partial charge in [0.15, 0.2) is 5.58 Å². The van der Waals surface area contributed by atoms with Crippen molar-refractivity contribution >= 4 is 11.1 Å². The van der Waals surface area contributed by atoms with Crippen molar-refractivity contribution in [1.29, 1.82) is 0 Å². The number of aromatic nitrogens is 1. The molecule has 0 amide bonds. The summed E-state index contributed by atoms with van der Waals surface area (Å²) in [5, 5.41) is 0. The molecule has 0 radical (unpaired) electrons. The van der Waals surface area contributed by atoms with E-state index >= 15 is 0 Å². The van der Waals surface area contributed by atoms with E-state index in [0.29, 0.717) is 23.6 Å². The zero-order valence-corrected chi connectivity index (χ0v) is 17.6. The molecule has 1 atom stereocenters. The quantitative estimate of drug-likeness (QED) is 0.578. The number of hydrogen-bond donors (Lipinski definition) is 1. The lowest BCUT2D eigenvalue weighted by Gasteiger charge is -2.40. The first-order chi connectivity index (χ1) is 14.1. The fraction of sp³-hybridized carbons (Fsp3) is 0.480. The highest BCUT2D eigenvalue weighted by Crippen LogP contribution is 2.36. The third kappa shape index (κ3) is 4.64. The van der Waals surface area contributed by atoms with Crippen molar-refractivity contribution in [2.75, 3.05) is 6.54 Å². The van der Waals surface area contributed by atoms with Gasteiger partial charge in [-0.05, 0) is 81.2 Å². The highest BCUT2D eigenvalue weighted by Gasteiger charge is 2.28. The molecule has 0 saturated heterocycles. The lowest BCUT2D eigenvalue weighted by molar-refractivity contribution is 0.109. The Labute approximate surface area is 172 Å². The van der Waals surface area contributed by atoms with Crippen LogP contribution in [0.2, 0.25) is 0 Å². The maximum Gasteiger partial charge on any atom is 0.417 e. The normalized spacial score (nSPS) is 20.9. The molecule has 1 N–H and O–H groups in total. The maximum atomic E-state index is 11.4. The predicted octanol–water partition coefficient (Wildman–Crippen LogP) is 5.49. The van der Waals surface area contributed by atoms with E-state index in [2.05, 4.69) is 66.2 Å². The number of hydrogen-bond acceptors (Lipinski definition) is 3. The molecule has 1 saturated carbocycles. The summed E-state index contributed by atoms with van der Waals surface area (Å²) >= 11 is 0. The van der Waals surface area contributed by atoms with E-state index in [0.717, 1.165) is 18.5 Å². The number of fused-ring (bicyclic) bond motifs is 1. The Bertz CT molecular complexity index is 967. The summed E-state index contributed by atoms with van der Waals surface area (Å²) in [7, 11) is 0. The van der Waals surface area contributed by atoms with E-state index in [4.69, 9.17) is 4.42 Å². The van der Waals surface area contributed by atoms with Crippen LogP contribution < -0.4 is 5.76 Å². The summed E-state index contributed by atoms with van der Waals surface area (Å²) in [5.74, 6) is 0.193. The number of rotatable bonds is 7. The maximum absolute atomic E-state index is 11.4. The second-order valence-electron chi connectivity index (χ2n) is 8.48. The van der Waals surface area contributed by atoms with Crippen LogP contribution in [0.25, 0.3) is 11.1 Å². The smallest absolute Gasteiger partial charge is 0.408 e. The fourth-order valence-corrected chi connectivity index (χ4v) is 5.07.